The van der Waals surface area contributed by atoms with Gasteiger partial charge in [0, 0.05) is 25.4 Å². The summed E-state index contributed by atoms with van der Waals surface area (Å²) in [5, 5.41) is 9.39. The van der Waals surface area contributed by atoms with E-state index in [1.807, 2.05) is 0 Å². The number of aryl methyl sites for hydroxylation is 1. The molecule has 1 N–H and O–H groups in total. The Hall–Kier alpha value is -2.03. The predicted octanol–water partition coefficient (Wildman–Crippen LogP) is 1.91. The van der Waals surface area contributed by atoms with Gasteiger partial charge in [0.2, 0.25) is 5.91 Å². The van der Waals surface area contributed by atoms with E-state index >= 15 is 0 Å². The molecule has 0 radical (unpaired) electrons. The highest BCUT2D eigenvalue weighted by atomic mass is 35.5. The van der Waals surface area contributed by atoms with E-state index in [-0.39, 0.29) is 18.8 Å². The summed E-state index contributed by atoms with van der Waals surface area (Å²) in [6.45, 7) is 1.26. The third-order valence-electron chi connectivity index (χ3n) is 2.94. The van der Waals surface area contributed by atoms with Crippen LogP contribution in [0.2, 0.25) is 5.02 Å². The first-order valence-corrected chi connectivity index (χ1v) is 6.60. The quantitative estimate of drug-likeness (QED) is 0.928. The fourth-order valence-corrected chi connectivity index (χ4v) is 2.06. The van der Waals surface area contributed by atoms with E-state index in [1.165, 1.54) is 6.92 Å². The standard InChI is InChI=1S/C12H13ClF3N5O/c1-7-10(13)11(12(14,15)16)19-21(7)6-9(22)17-3-8-4-18-20(2)5-8/h4-5H,3,6H2,1-2H3,(H,17,22). The molecule has 1 amide bonds. The number of carbonyl (C=O) groups excluding carboxylic acids is 1. The maximum atomic E-state index is 12.7. The molecule has 6 nitrogen and oxygen atoms in total. The summed E-state index contributed by atoms with van der Waals surface area (Å²) in [6, 6.07) is 0. The number of hydrogen-bond acceptors (Lipinski definition) is 3. The highest BCUT2D eigenvalue weighted by Gasteiger charge is 2.38. The van der Waals surface area contributed by atoms with Gasteiger partial charge < -0.3 is 5.32 Å². The molecule has 0 aliphatic rings. The fourth-order valence-electron chi connectivity index (χ4n) is 1.82. The Morgan fingerprint density at radius 1 is 1.45 bits per heavy atom. The molecule has 2 rings (SSSR count). The average molecular weight is 336 g/mol. The Kier molecular flexibility index (Phi) is 4.45. The summed E-state index contributed by atoms with van der Waals surface area (Å²) in [7, 11) is 1.74. The van der Waals surface area contributed by atoms with Crippen LogP contribution in [0.4, 0.5) is 13.2 Å². The van der Waals surface area contributed by atoms with Crippen LogP contribution in [0, 0.1) is 6.92 Å². The average Bonchev–Trinajstić information content (AvgIpc) is 2.94. The van der Waals surface area contributed by atoms with Crippen LogP contribution in [-0.2, 0) is 31.1 Å². The summed E-state index contributed by atoms with van der Waals surface area (Å²) in [6.07, 6.45) is -1.35. The summed E-state index contributed by atoms with van der Waals surface area (Å²) in [4.78, 5) is 11.8. The molecule has 0 saturated carbocycles. The summed E-state index contributed by atoms with van der Waals surface area (Å²) >= 11 is 5.61. The lowest BCUT2D eigenvalue weighted by Crippen LogP contribution is -2.28. The minimum Gasteiger partial charge on any atom is -0.350 e. The lowest BCUT2D eigenvalue weighted by molar-refractivity contribution is -0.141. The van der Waals surface area contributed by atoms with Crippen LogP contribution in [0.5, 0.6) is 0 Å². The third-order valence-corrected chi connectivity index (χ3v) is 3.40. The summed E-state index contributed by atoms with van der Waals surface area (Å²) < 4.78 is 40.6. The highest BCUT2D eigenvalue weighted by molar-refractivity contribution is 6.32. The monoisotopic (exact) mass is 335 g/mol. The molecule has 2 aromatic rings. The molecule has 0 spiro atoms. The number of nitrogens with zero attached hydrogens (tertiary/aromatic N) is 4. The molecule has 0 atom stereocenters. The maximum Gasteiger partial charge on any atom is 0.436 e. The van der Waals surface area contributed by atoms with Gasteiger partial charge in [0.15, 0.2) is 5.69 Å². The summed E-state index contributed by atoms with van der Waals surface area (Å²) in [5.41, 5.74) is -0.320. The second kappa shape index (κ2) is 5.99. The molecule has 120 valence electrons. The van der Waals surface area contributed by atoms with Crippen LogP contribution in [-0.4, -0.2) is 25.5 Å². The van der Waals surface area contributed by atoms with E-state index in [1.54, 1.807) is 24.1 Å². The van der Waals surface area contributed by atoms with E-state index in [0.29, 0.717) is 0 Å². The number of aromatic nitrogens is 4. The van der Waals surface area contributed by atoms with Gasteiger partial charge in [-0.2, -0.15) is 23.4 Å². The topological polar surface area (TPSA) is 64.7 Å². The van der Waals surface area contributed by atoms with Crippen molar-refractivity contribution in [3.63, 3.8) is 0 Å². The van der Waals surface area contributed by atoms with E-state index in [0.717, 1.165) is 10.2 Å². The minimum atomic E-state index is -4.65. The summed E-state index contributed by atoms with van der Waals surface area (Å²) in [5.74, 6) is -0.472. The first-order chi connectivity index (χ1) is 10.2. The second-order valence-electron chi connectivity index (χ2n) is 4.70. The Bertz CT molecular complexity index is 691. The van der Waals surface area contributed by atoms with Crippen LogP contribution < -0.4 is 5.32 Å². The molecule has 0 aliphatic heterocycles. The van der Waals surface area contributed by atoms with Crippen molar-refractivity contribution in [1.82, 2.24) is 24.9 Å². The third kappa shape index (κ3) is 3.59. The lowest BCUT2D eigenvalue weighted by atomic mass is 10.3. The number of halogens is 4. The number of alkyl halides is 3. The van der Waals surface area contributed by atoms with Crippen molar-refractivity contribution in [2.45, 2.75) is 26.2 Å². The van der Waals surface area contributed by atoms with Gasteiger partial charge in [0.25, 0.3) is 0 Å². The van der Waals surface area contributed by atoms with Gasteiger partial charge in [-0.25, -0.2) is 0 Å². The Balaban J connectivity index is 2.03. The van der Waals surface area contributed by atoms with Crippen LogP contribution >= 0.6 is 11.6 Å². The van der Waals surface area contributed by atoms with Gasteiger partial charge in [-0.1, -0.05) is 11.6 Å². The van der Waals surface area contributed by atoms with E-state index in [9.17, 15) is 18.0 Å². The molecule has 2 heterocycles. The largest absolute Gasteiger partial charge is 0.436 e. The fraction of sp³-hybridized carbons (Fsp3) is 0.417. The first kappa shape index (κ1) is 16.3. The smallest absolute Gasteiger partial charge is 0.350 e. The second-order valence-corrected chi connectivity index (χ2v) is 5.08. The minimum absolute atomic E-state index is 0.0884. The zero-order valence-electron chi connectivity index (χ0n) is 11.8. The van der Waals surface area contributed by atoms with Gasteiger partial charge in [-0.15, -0.1) is 0 Å². The van der Waals surface area contributed by atoms with Crippen LogP contribution in [0.1, 0.15) is 17.0 Å². The molecule has 0 fully saturated rings. The molecule has 10 heteroatoms. The molecular weight excluding hydrogens is 323 g/mol. The number of carbonyl (C=O) groups is 1. The first-order valence-electron chi connectivity index (χ1n) is 6.23. The SMILES string of the molecule is Cc1c(Cl)c(C(F)(F)F)nn1CC(=O)NCc1cnn(C)c1. The normalized spacial score (nSPS) is 11.7. The number of rotatable bonds is 4. The van der Waals surface area contributed by atoms with Crippen molar-refractivity contribution in [2.24, 2.45) is 7.05 Å². The van der Waals surface area contributed by atoms with E-state index < -0.39 is 22.8 Å². The Labute approximate surface area is 128 Å². The van der Waals surface area contributed by atoms with Gasteiger partial charge in [0.1, 0.15) is 6.54 Å². The number of amides is 1. The van der Waals surface area contributed by atoms with Crippen molar-refractivity contribution in [2.75, 3.05) is 0 Å². The van der Waals surface area contributed by atoms with Crippen molar-refractivity contribution >= 4 is 17.5 Å². The van der Waals surface area contributed by atoms with Gasteiger partial charge in [-0.05, 0) is 6.92 Å². The van der Waals surface area contributed by atoms with Crippen molar-refractivity contribution in [3.05, 3.63) is 34.4 Å². The van der Waals surface area contributed by atoms with E-state index in [2.05, 4.69) is 15.5 Å². The predicted molar refractivity (Wildman–Crippen MR) is 72.0 cm³/mol. The zero-order chi connectivity index (χ0) is 16.5. The molecule has 22 heavy (non-hydrogen) atoms. The molecule has 0 saturated heterocycles. The Morgan fingerprint density at radius 3 is 2.64 bits per heavy atom. The van der Waals surface area contributed by atoms with Crippen LogP contribution in [0.25, 0.3) is 0 Å². The zero-order valence-corrected chi connectivity index (χ0v) is 12.5. The highest BCUT2D eigenvalue weighted by Crippen LogP contribution is 2.35. The van der Waals surface area contributed by atoms with Crippen LogP contribution in [0.15, 0.2) is 12.4 Å². The van der Waals surface area contributed by atoms with Gasteiger partial charge >= 0.3 is 6.18 Å². The van der Waals surface area contributed by atoms with Gasteiger partial charge in [-0.3, -0.25) is 14.2 Å². The van der Waals surface area contributed by atoms with Crippen molar-refractivity contribution in [1.29, 1.82) is 0 Å². The maximum absolute atomic E-state index is 12.7. The molecule has 0 aromatic carbocycles. The van der Waals surface area contributed by atoms with Crippen molar-refractivity contribution < 1.29 is 18.0 Å². The van der Waals surface area contributed by atoms with Crippen molar-refractivity contribution in [3.8, 4) is 0 Å². The molecular formula is C12H13ClF3N5O. The van der Waals surface area contributed by atoms with E-state index in [4.69, 9.17) is 11.6 Å². The molecule has 0 aliphatic carbocycles. The molecule has 0 bridgehead atoms. The molecule has 0 unspecified atom stereocenters. The number of nitrogens with one attached hydrogen (secondary N) is 1. The number of hydrogen-bond donors (Lipinski definition) is 1. The van der Waals surface area contributed by atoms with Crippen LogP contribution in [0.3, 0.4) is 0 Å². The van der Waals surface area contributed by atoms with Gasteiger partial charge in [0.05, 0.1) is 16.9 Å². The Morgan fingerprint density at radius 2 is 2.14 bits per heavy atom. The molecule has 2 aromatic heterocycles. The lowest BCUT2D eigenvalue weighted by Gasteiger charge is -2.05.